The summed E-state index contributed by atoms with van der Waals surface area (Å²) >= 11 is 0. The van der Waals surface area contributed by atoms with Crippen molar-refractivity contribution in [3.63, 3.8) is 0 Å². The van der Waals surface area contributed by atoms with Crippen LogP contribution >= 0.6 is 0 Å². The van der Waals surface area contributed by atoms with E-state index in [0.717, 1.165) is 12.7 Å². The van der Waals surface area contributed by atoms with E-state index in [4.69, 9.17) is 4.74 Å². The topological polar surface area (TPSA) is 29.6 Å². The molecule has 1 aliphatic heterocycles. The van der Waals surface area contributed by atoms with Gasteiger partial charge in [-0.15, -0.1) is 0 Å². The Balaban J connectivity index is 2.09. The summed E-state index contributed by atoms with van der Waals surface area (Å²) in [5.74, 6) is 0. The Morgan fingerprint density at radius 3 is 2.85 bits per heavy atom. The van der Waals surface area contributed by atoms with Crippen LogP contribution in [0.25, 0.3) is 0 Å². The molecule has 1 aliphatic rings. The second kappa shape index (κ2) is 5.70. The van der Waals surface area contributed by atoms with E-state index in [9.17, 15) is 4.79 Å². The fraction of sp³-hybridized carbons (Fsp3) is 0.545. The molecule has 2 atom stereocenters. The van der Waals surface area contributed by atoms with Crippen molar-refractivity contribution < 1.29 is 9.53 Å². The van der Waals surface area contributed by atoms with Crippen LogP contribution in [-0.4, -0.2) is 18.5 Å². The van der Waals surface area contributed by atoms with E-state index in [1.165, 1.54) is 18.9 Å². The summed E-state index contributed by atoms with van der Waals surface area (Å²) in [4.78, 5) is 9.92. The van der Waals surface area contributed by atoms with Crippen LogP contribution in [0.4, 0.5) is 0 Å². The van der Waals surface area contributed by atoms with Crippen molar-refractivity contribution in [1.82, 2.24) is 0 Å². The lowest BCUT2D eigenvalue weighted by Crippen LogP contribution is -1.89. The highest BCUT2D eigenvalue weighted by atomic mass is 16.6. The quantitative estimate of drug-likeness (QED) is 0.271. The Kier molecular flexibility index (Phi) is 4.47. The van der Waals surface area contributed by atoms with E-state index < -0.39 is 0 Å². The third kappa shape index (κ3) is 4.04. The highest BCUT2D eigenvalue weighted by molar-refractivity contribution is 5.65. The van der Waals surface area contributed by atoms with E-state index in [0.29, 0.717) is 12.2 Å². The second-order valence-corrected chi connectivity index (χ2v) is 3.19. The van der Waals surface area contributed by atoms with Crippen molar-refractivity contribution in [1.29, 1.82) is 0 Å². The number of epoxide rings is 1. The van der Waals surface area contributed by atoms with Crippen LogP contribution in [0.1, 0.15) is 26.2 Å². The van der Waals surface area contributed by atoms with Crippen LogP contribution in [0.3, 0.4) is 0 Å². The SMILES string of the molecule is CCCC[C@H]1O[C@H]1/C=C/C=C/C=O. The summed E-state index contributed by atoms with van der Waals surface area (Å²) in [7, 11) is 0. The maximum Gasteiger partial charge on any atom is 0.142 e. The van der Waals surface area contributed by atoms with Gasteiger partial charge in [0.1, 0.15) is 12.4 Å². The lowest BCUT2D eigenvalue weighted by molar-refractivity contribution is -0.104. The lowest BCUT2D eigenvalue weighted by Gasteiger charge is -1.88. The van der Waals surface area contributed by atoms with Crippen molar-refractivity contribution in [2.45, 2.75) is 38.4 Å². The number of unbranched alkanes of at least 4 members (excludes halogenated alkanes) is 1. The van der Waals surface area contributed by atoms with Crippen LogP contribution in [0, 0.1) is 0 Å². The zero-order valence-corrected chi connectivity index (χ0v) is 7.98. The molecule has 2 heteroatoms. The second-order valence-electron chi connectivity index (χ2n) is 3.19. The molecule has 1 saturated heterocycles. The standard InChI is InChI=1S/C11H16O2/c1-2-3-7-10-11(13-10)8-5-4-6-9-12/h4-6,8-11H,2-3,7H2,1H3/b6-4+,8-5+/t10-,11+/m1/s1. The molecule has 72 valence electrons. The first kappa shape index (κ1) is 10.2. The molecule has 0 aromatic rings. The number of aldehydes is 1. The van der Waals surface area contributed by atoms with Crippen molar-refractivity contribution >= 4 is 6.29 Å². The first-order valence-corrected chi connectivity index (χ1v) is 4.82. The fourth-order valence-corrected chi connectivity index (χ4v) is 1.25. The van der Waals surface area contributed by atoms with Gasteiger partial charge in [-0.3, -0.25) is 4.79 Å². The number of rotatable bonds is 6. The van der Waals surface area contributed by atoms with Crippen molar-refractivity contribution in [3.05, 3.63) is 24.3 Å². The molecule has 0 saturated carbocycles. The van der Waals surface area contributed by atoms with Crippen LogP contribution in [-0.2, 0) is 9.53 Å². The minimum Gasteiger partial charge on any atom is -0.365 e. The molecular formula is C11H16O2. The highest BCUT2D eigenvalue weighted by Crippen LogP contribution is 2.27. The molecule has 1 fully saturated rings. The minimum absolute atomic E-state index is 0.294. The average molecular weight is 180 g/mol. The number of allylic oxidation sites excluding steroid dienone is 3. The summed E-state index contributed by atoms with van der Waals surface area (Å²) < 4.78 is 5.39. The average Bonchev–Trinajstić information content (AvgIpc) is 2.88. The zero-order chi connectivity index (χ0) is 9.52. The van der Waals surface area contributed by atoms with Gasteiger partial charge in [0, 0.05) is 0 Å². The predicted molar refractivity (Wildman–Crippen MR) is 52.5 cm³/mol. The Morgan fingerprint density at radius 1 is 1.31 bits per heavy atom. The van der Waals surface area contributed by atoms with Crippen molar-refractivity contribution in [2.75, 3.05) is 0 Å². The van der Waals surface area contributed by atoms with Gasteiger partial charge in [0.05, 0.1) is 6.10 Å². The molecule has 0 aromatic carbocycles. The number of hydrogen-bond donors (Lipinski definition) is 0. The predicted octanol–water partition coefficient (Wildman–Crippen LogP) is 2.26. The Morgan fingerprint density at radius 2 is 2.15 bits per heavy atom. The third-order valence-corrected chi connectivity index (χ3v) is 2.07. The third-order valence-electron chi connectivity index (χ3n) is 2.07. The van der Waals surface area contributed by atoms with Gasteiger partial charge in [0.2, 0.25) is 0 Å². The Bertz CT molecular complexity index is 206. The molecule has 0 unspecified atom stereocenters. The summed E-state index contributed by atoms with van der Waals surface area (Å²) in [6.07, 6.45) is 12.2. The van der Waals surface area contributed by atoms with Crippen LogP contribution in [0.2, 0.25) is 0 Å². The summed E-state index contributed by atoms with van der Waals surface area (Å²) in [6.45, 7) is 2.18. The molecule has 1 rings (SSSR count). The molecule has 1 heterocycles. The van der Waals surface area contributed by atoms with E-state index in [1.807, 2.05) is 12.2 Å². The van der Waals surface area contributed by atoms with E-state index in [-0.39, 0.29) is 0 Å². The molecular weight excluding hydrogens is 164 g/mol. The molecule has 0 bridgehead atoms. The molecule has 0 radical (unpaired) electrons. The number of carbonyl (C=O) groups is 1. The van der Waals surface area contributed by atoms with E-state index in [2.05, 4.69) is 6.92 Å². The normalized spacial score (nSPS) is 27.2. The maximum atomic E-state index is 9.92. The molecule has 0 aromatic heterocycles. The molecule has 0 aliphatic carbocycles. The van der Waals surface area contributed by atoms with Gasteiger partial charge in [-0.25, -0.2) is 0 Å². The molecule has 0 spiro atoms. The van der Waals surface area contributed by atoms with Gasteiger partial charge in [-0.2, -0.15) is 0 Å². The fourth-order valence-electron chi connectivity index (χ4n) is 1.25. The first-order chi connectivity index (χ1) is 6.38. The molecule has 2 nitrogen and oxygen atoms in total. The summed E-state index contributed by atoms with van der Waals surface area (Å²) in [5.41, 5.74) is 0. The number of carbonyl (C=O) groups excluding carboxylic acids is 1. The first-order valence-electron chi connectivity index (χ1n) is 4.82. The van der Waals surface area contributed by atoms with E-state index >= 15 is 0 Å². The van der Waals surface area contributed by atoms with E-state index in [1.54, 1.807) is 6.08 Å². The summed E-state index contributed by atoms with van der Waals surface area (Å²) in [6, 6.07) is 0. The van der Waals surface area contributed by atoms with Gasteiger partial charge >= 0.3 is 0 Å². The lowest BCUT2D eigenvalue weighted by atomic mass is 10.1. The summed E-state index contributed by atoms with van der Waals surface area (Å²) in [5, 5.41) is 0. The van der Waals surface area contributed by atoms with Gasteiger partial charge in [-0.05, 0) is 12.5 Å². The Hall–Kier alpha value is -0.890. The molecule has 0 N–H and O–H groups in total. The van der Waals surface area contributed by atoms with Crippen molar-refractivity contribution in [2.24, 2.45) is 0 Å². The van der Waals surface area contributed by atoms with Crippen LogP contribution in [0.15, 0.2) is 24.3 Å². The number of ether oxygens (including phenoxy) is 1. The van der Waals surface area contributed by atoms with Gasteiger partial charge < -0.3 is 4.74 Å². The van der Waals surface area contributed by atoms with Crippen LogP contribution < -0.4 is 0 Å². The number of hydrogen-bond acceptors (Lipinski definition) is 2. The minimum atomic E-state index is 0.294. The largest absolute Gasteiger partial charge is 0.365 e. The highest BCUT2D eigenvalue weighted by Gasteiger charge is 2.34. The van der Waals surface area contributed by atoms with Gasteiger partial charge in [-0.1, -0.05) is 38.0 Å². The van der Waals surface area contributed by atoms with Crippen LogP contribution in [0.5, 0.6) is 0 Å². The molecule has 13 heavy (non-hydrogen) atoms. The Labute approximate surface area is 79.3 Å². The maximum absolute atomic E-state index is 9.92. The molecule has 0 amide bonds. The van der Waals surface area contributed by atoms with Gasteiger partial charge in [0.15, 0.2) is 0 Å². The smallest absolute Gasteiger partial charge is 0.142 e. The van der Waals surface area contributed by atoms with Gasteiger partial charge in [0.25, 0.3) is 0 Å². The monoisotopic (exact) mass is 180 g/mol. The van der Waals surface area contributed by atoms with Crippen molar-refractivity contribution in [3.8, 4) is 0 Å². The zero-order valence-electron chi connectivity index (χ0n) is 7.98.